The van der Waals surface area contributed by atoms with Crippen molar-refractivity contribution in [2.45, 2.75) is 31.5 Å². The van der Waals surface area contributed by atoms with E-state index in [1.54, 1.807) is 0 Å². The number of nitrogens with zero attached hydrogens (tertiary/aromatic N) is 1. The lowest BCUT2D eigenvalue weighted by atomic mass is 9.88. The second-order valence-corrected chi connectivity index (χ2v) is 8.94. The molecular weight excluding hydrogens is 405 g/mol. The van der Waals surface area contributed by atoms with Gasteiger partial charge in [-0.15, -0.1) is 0 Å². The summed E-state index contributed by atoms with van der Waals surface area (Å²) in [7, 11) is -3.97. The molecule has 0 saturated carbocycles. The Morgan fingerprint density at radius 3 is 2.59 bits per heavy atom. The second kappa shape index (κ2) is 8.06. The highest BCUT2D eigenvalue weighted by molar-refractivity contribution is 7.92. The van der Waals surface area contributed by atoms with Gasteiger partial charge in [-0.3, -0.25) is 9.10 Å². The molecule has 0 saturated heterocycles. The molecule has 0 heterocycles. The number of fused-ring (bicyclic) bond motifs is 1. The van der Waals surface area contributed by atoms with Crippen molar-refractivity contribution in [1.29, 1.82) is 0 Å². The molecule has 1 amide bonds. The standard InChI is InChI=1S/C20H21F3N2O3S/c1-29(27,28)25(16-9-5-8-15(12-16)20(21,22)23)13-19(26)24-18-11-4-7-14-6-2-3-10-17(14)18/h2-3,5-6,8-10,12,18H,4,7,11,13H2,1H3,(H,24,26)/t18-/m1/s1. The van der Waals surface area contributed by atoms with E-state index in [9.17, 15) is 26.4 Å². The molecule has 0 unspecified atom stereocenters. The fourth-order valence-corrected chi connectivity index (χ4v) is 4.36. The van der Waals surface area contributed by atoms with E-state index in [2.05, 4.69) is 5.32 Å². The molecule has 1 N–H and O–H groups in total. The van der Waals surface area contributed by atoms with Crippen LogP contribution in [0.15, 0.2) is 48.5 Å². The van der Waals surface area contributed by atoms with Crippen LogP contribution in [0.1, 0.15) is 35.6 Å². The largest absolute Gasteiger partial charge is 0.416 e. The number of anilines is 1. The van der Waals surface area contributed by atoms with E-state index in [1.165, 1.54) is 6.07 Å². The number of benzene rings is 2. The Hall–Kier alpha value is -2.55. The summed E-state index contributed by atoms with van der Waals surface area (Å²) in [5.74, 6) is -0.575. The zero-order valence-electron chi connectivity index (χ0n) is 15.7. The topological polar surface area (TPSA) is 66.5 Å². The molecule has 2 aromatic carbocycles. The summed E-state index contributed by atoms with van der Waals surface area (Å²) in [6, 6.07) is 11.4. The van der Waals surface area contributed by atoms with Crippen LogP contribution in [0.2, 0.25) is 0 Å². The number of sulfonamides is 1. The van der Waals surface area contributed by atoms with E-state index >= 15 is 0 Å². The van der Waals surface area contributed by atoms with Crippen molar-refractivity contribution in [2.24, 2.45) is 0 Å². The SMILES string of the molecule is CS(=O)(=O)N(CC(=O)N[C@@H]1CCCc2ccccc21)c1cccc(C(F)(F)F)c1. The van der Waals surface area contributed by atoms with Crippen molar-refractivity contribution in [1.82, 2.24) is 5.32 Å². The number of aryl methyl sites for hydroxylation is 1. The number of hydrogen-bond donors (Lipinski definition) is 1. The van der Waals surface area contributed by atoms with Crippen molar-refractivity contribution >= 4 is 21.6 Å². The van der Waals surface area contributed by atoms with Gasteiger partial charge in [-0.25, -0.2) is 8.42 Å². The lowest BCUT2D eigenvalue weighted by Gasteiger charge is -2.28. The average Bonchev–Trinajstić information content (AvgIpc) is 2.65. The van der Waals surface area contributed by atoms with Gasteiger partial charge in [0.15, 0.2) is 0 Å². The Balaban J connectivity index is 1.81. The third-order valence-corrected chi connectivity index (χ3v) is 5.99. The molecule has 9 heteroatoms. The summed E-state index contributed by atoms with van der Waals surface area (Å²) in [6.45, 7) is -0.598. The van der Waals surface area contributed by atoms with Crippen molar-refractivity contribution in [3.8, 4) is 0 Å². The first-order valence-electron chi connectivity index (χ1n) is 9.08. The maximum absolute atomic E-state index is 13.0. The average molecular weight is 426 g/mol. The van der Waals surface area contributed by atoms with E-state index in [0.29, 0.717) is 10.7 Å². The number of rotatable bonds is 5. The van der Waals surface area contributed by atoms with Crippen molar-refractivity contribution in [3.63, 3.8) is 0 Å². The molecule has 0 aromatic heterocycles. The zero-order valence-corrected chi connectivity index (χ0v) is 16.6. The monoisotopic (exact) mass is 426 g/mol. The van der Waals surface area contributed by atoms with Gasteiger partial charge in [0.1, 0.15) is 6.54 Å². The van der Waals surface area contributed by atoms with Crippen LogP contribution in [-0.2, 0) is 27.4 Å². The first-order valence-corrected chi connectivity index (χ1v) is 10.9. The van der Waals surface area contributed by atoms with Crippen LogP contribution in [0.25, 0.3) is 0 Å². The number of carbonyl (C=O) groups is 1. The van der Waals surface area contributed by atoms with Crippen molar-refractivity contribution in [3.05, 3.63) is 65.2 Å². The van der Waals surface area contributed by atoms with Gasteiger partial charge < -0.3 is 5.32 Å². The Morgan fingerprint density at radius 2 is 1.90 bits per heavy atom. The first-order chi connectivity index (χ1) is 13.6. The van der Waals surface area contributed by atoms with Gasteiger partial charge in [-0.2, -0.15) is 13.2 Å². The molecule has 1 atom stereocenters. The van der Waals surface area contributed by atoms with Crippen LogP contribution in [0.4, 0.5) is 18.9 Å². The number of halogens is 3. The Morgan fingerprint density at radius 1 is 1.17 bits per heavy atom. The summed E-state index contributed by atoms with van der Waals surface area (Å²) in [5, 5.41) is 2.82. The van der Waals surface area contributed by atoms with Gasteiger partial charge in [-0.05, 0) is 48.6 Å². The van der Waals surface area contributed by atoms with Gasteiger partial charge in [0, 0.05) is 0 Å². The summed E-state index contributed by atoms with van der Waals surface area (Å²) >= 11 is 0. The molecule has 1 aliphatic rings. The molecule has 5 nitrogen and oxygen atoms in total. The molecular formula is C20H21F3N2O3S. The fourth-order valence-electron chi connectivity index (χ4n) is 3.51. The van der Waals surface area contributed by atoms with Crippen LogP contribution >= 0.6 is 0 Å². The zero-order chi connectivity index (χ0) is 21.2. The lowest BCUT2D eigenvalue weighted by Crippen LogP contribution is -2.42. The maximum atomic E-state index is 13.0. The predicted octanol–water partition coefficient (Wildman–Crippen LogP) is 3.67. The minimum absolute atomic E-state index is 0.207. The molecule has 29 heavy (non-hydrogen) atoms. The van der Waals surface area contributed by atoms with E-state index in [4.69, 9.17) is 0 Å². The van der Waals surface area contributed by atoms with Gasteiger partial charge in [-0.1, -0.05) is 30.3 Å². The molecule has 0 radical (unpaired) electrons. The number of carbonyl (C=O) groups excluding carboxylic acids is 1. The summed E-state index contributed by atoms with van der Waals surface area (Å²) < 4.78 is 64.0. The minimum Gasteiger partial charge on any atom is -0.348 e. The molecule has 2 aromatic rings. The molecule has 0 spiro atoms. The van der Waals surface area contributed by atoms with Gasteiger partial charge >= 0.3 is 6.18 Å². The van der Waals surface area contributed by atoms with Gasteiger partial charge in [0.05, 0.1) is 23.5 Å². The smallest absolute Gasteiger partial charge is 0.348 e. The van der Waals surface area contributed by atoms with E-state index in [-0.39, 0.29) is 11.7 Å². The fraction of sp³-hybridized carbons (Fsp3) is 0.350. The highest BCUT2D eigenvalue weighted by atomic mass is 32.2. The van der Waals surface area contributed by atoms with Crippen LogP contribution in [0, 0.1) is 0 Å². The van der Waals surface area contributed by atoms with E-state index < -0.39 is 34.2 Å². The van der Waals surface area contributed by atoms with Gasteiger partial charge in [0.2, 0.25) is 15.9 Å². The van der Waals surface area contributed by atoms with Crippen LogP contribution in [0.5, 0.6) is 0 Å². The van der Waals surface area contributed by atoms with Gasteiger partial charge in [0.25, 0.3) is 0 Å². The molecule has 0 fully saturated rings. The molecule has 0 aliphatic heterocycles. The van der Waals surface area contributed by atoms with Crippen LogP contribution < -0.4 is 9.62 Å². The highest BCUT2D eigenvalue weighted by Gasteiger charge is 2.32. The highest BCUT2D eigenvalue weighted by Crippen LogP contribution is 2.32. The number of nitrogens with one attached hydrogen (secondary N) is 1. The molecule has 0 bridgehead atoms. The molecule has 3 rings (SSSR count). The lowest BCUT2D eigenvalue weighted by molar-refractivity contribution is -0.137. The van der Waals surface area contributed by atoms with E-state index in [1.807, 2.05) is 24.3 Å². The van der Waals surface area contributed by atoms with Crippen LogP contribution in [-0.4, -0.2) is 27.1 Å². The molecule has 156 valence electrons. The number of alkyl halides is 3. The maximum Gasteiger partial charge on any atom is 0.416 e. The number of hydrogen-bond acceptors (Lipinski definition) is 3. The predicted molar refractivity (Wildman–Crippen MR) is 104 cm³/mol. The minimum atomic E-state index is -4.62. The molecule has 1 aliphatic carbocycles. The Kier molecular flexibility index (Phi) is 5.88. The van der Waals surface area contributed by atoms with Crippen molar-refractivity contribution < 1.29 is 26.4 Å². The summed E-state index contributed by atoms with van der Waals surface area (Å²) in [4.78, 5) is 12.6. The third kappa shape index (κ3) is 5.09. The summed E-state index contributed by atoms with van der Waals surface area (Å²) in [5.41, 5.74) is 0.922. The van der Waals surface area contributed by atoms with Crippen molar-refractivity contribution in [2.75, 3.05) is 17.1 Å². The summed E-state index contributed by atoms with van der Waals surface area (Å²) in [6.07, 6.45) is -1.26. The Bertz CT molecular complexity index is 1010. The quantitative estimate of drug-likeness (QED) is 0.794. The normalized spacial score (nSPS) is 16.8. The van der Waals surface area contributed by atoms with Crippen LogP contribution in [0.3, 0.4) is 0 Å². The first kappa shape index (κ1) is 21.2. The third-order valence-electron chi connectivity index (χ3n) is 4.85. The second-order valence-electron chi connectivity index (χ2n) is 7.03. The van der Waals surface area contributed by atoms with E-state index in [0.717, 1.165) is 48.4 Å². The Labute approximate surface area is 167 Å². The number of amides is 1.